The van der Waals surface area contributed by atoms with E-state index in [1.807, 2.05) is 0 Å². The Morgan fingerprint density at radius 3 is 2.18 bits per heavy atom. The molecular formula is C19H16ClN5O3. The largest absolute Gasteiger partial charge is 0.354 e. The third kappa shape index (κ3) is 4.36. The number of anilines is 2. The molecule has 0 radical (unpaired) electrons. The van der Waals surface area contributed by atoms with E-state index in [2.05, 4.69) is 25.9 Å². The standard InChI is InChI=1S/C19H16ClN5O3/c1-21-18(27)15-16(23-10-22-15)19(28)25-14-7-5-13(6-8-14)24-17(26)11-3-2-4-12(20)9-11/h2-10H,1H3,(H,21,27)(H,22,23)(H,24,26)(H,25,28). The lowest BCUT2D eigenvalue weighted by Crippen LogP contribution is -2.23. The van der Waals surface area contributed by atoms with Crippen LogP contribution in [0.25, 0.3) is 0 Å². The predicted molar refractivity (Wildman–Crippen MR) is 106 cm³/mol. The molecule has 4 N–H and O–H groups in total. The summed E-state index contributed by atoms with van der Waals surface area (Å²) in [7, 11) is 1.45. The highest BCUT2D eigenvalue weighted by Gasteiger charge is 2.19. The summed E-state index contributed by atoms with van der Waals surface area (Å²) in [4.78, 5) is 42.8. The van der Waals surface area contributed by atoms with Gasteiger partial charge < -0.3 is 20.9 Å². The van der Waals surface area contributed by atoms with Gasteiger partial charge >= 0.3 is 0 Å². The normalized spacial score (nSPS) is 10.2. The van der Waals surface area contributed by atoms with Crippen LogP contribution in [0.5, 0.6) is 0 Å². The smallest absolute Gasteiger partial charge is 0.274 e. The van der Waals surface area contributed by atoms with Gasteiger partial charge in [0.2, 0.25) is 0 Å². The fourth-order valence-corrected chi connectivity index (χ4v) is 2.61. The lowest BCUT2D eigenvalue weighted by atomic mass is 10.2. The maximum atomic E-state index is 12.4. The lowest BCUT2D eigenvalue weighted by Gasteiger charge is -2.08. The zero-order valence-electron chi connectivity index (χ0n) is 14.7. The van der Waals surface area contributed by atoms with Crippen molar-refractivity contribution in [3.63, 3.8) is 0 Å². The molecular weight excluding hydrogens is 382 g/mol. The van der Waals surface area contributed by atoms with Crippen molar-refractivity contribution in [3.8, 4) is 0 Å². The van der Waals surface area contributed by atoms with E-state index >= 15 is 0 Å². The van der Waals surface area contributed by atoms with Crippen LogP contribution in [0.1, 0.15) is 31.3 Å². The number of rotatable bonds is 5. The summed E-state index contributed by atoms with van der Waals surface area (Å²) in [5, 5.41) is 8.30. The Morgan fingerprint density at radius 1 is 0.929 bits per heavy atom. The lowest BCUT2D eigenvalue weighted by molar-refractivity contribution is 0.0943. The first kappa shape index (κ1) is 19.1. The van der Waals surface area contributed by atoms with E-state index in [9.17, 15) is 14.4 Å². The van der Waals surface area contributed by atoms with E-state index < -0.39 is 11.8 Å². The number of imidazole rings is 1. The van der Waals surface area contributed by atoms with E-state index in [-0.39, 0.29) is 17.3 Å². The number of nitrogens with zero attached hydrogens (tertiary/aromatic N) is 1. The molecule has 0 unspecified atom stereocenters. The minimum atomic E-state index is -0.508. The van der Waals surface area contributed by atoms with Crippen LogP contribution in [0.3, 0.4) is 0 Å². The molecule has 0 saturated heterocycles. The molecule has 0 saturated carbocycles. The molecule has 0 bridgehead atoms. The number of hydrogen-bond donors (Lipinski definition) is 4. The molecule has 0 aliphatic rings. The van der Waals surface area contributed by atoms with Gasteiger partial charge in [-0.2, -0.15) is 0 Å². The second-order valence-electron chi connectivity index (χ2n) is 5.70. The van der Waals surface area contributed by atoms with Crippen LogP contribution in [0.2, 0.25) is 5.02 Å². The number of amides is 3. The van der Waals surface area contributed by atoms with Crippen molar-refractivity contribution in [1.82, 2.24) is 15.3 Å². The summed E-state index contributed by atoms with van der Waals surface area (Å²) >= 11 is 5.89. The molecule has 3 amide bonds. The van der Waals surface area contributed by atoms with Gasteiger partial charge in [-0.05, 0) is 42.5 Å². The van der Waals surface area contributed by atoms with E-state index in [1.54, 1.807) is 48.5 Å². The highest BCUT2D eigenvalue weighted by molar-refractivity contribution is 6.31. The summed E-state index contributed by atoms with van der Waals surface area (Å²) in [6.07, 6.45) is 1.27. The molecule has 0 aliphatic carbocycles. The first-order valence-electron chi connectivity index (χ1n) is 8.21. The summed E-state index contributed by atoms with van der Waals surface area (Å²) < 4.78 is 0. The number of nitrogens with one attached hydrogen (secondary N) is 4. The highest BCUT2D eigenvalue weighted by Crippen LogP contribution is 2.17. The molecule has 0 atom stereocenters. The Kier molecular flexibility index (Phi) is 5.71. The van der Waals surface area contributed by atoms with Crippen LogP contribution < -0.4 is 16.0 Å². The molecule has 0 aliphatic heterocycles. The number of halogens is 1. The van der Waals surface area contributed by atoms with Crippen LogP contribution in [-0.4, -0.2) is 34.7 Å². The van der Waals surface area contributed by atoms with Crippen molar-refractivity contribution in [2.24, 2.45) is 0 Å². The van der Waals surface area contributed by atoms with Gasteiger partial charge in [-0.25, -0.2) is 4.98 Å². The molecule has 3 rings (SSSR count). The number of carbonyl (C=O) groups is 3. The highest BCUT2D eigenvalue weighted by atomic mass is 35.5. The molecule has 0 spiro atoms. The molecule has 9 heteroatoms. The van der Waals surface area contributed by atoms with Crippen molar-refractivity contribution in [1.29, 1.82) is 0 Å². The van der Waals surface area contributed by atoms with Gasteiger partial charge in [0.15, 0.2) is 5.69 Å². The average molecular weight is 398 g/mol. The molecule has 0 fully saturated rings. The maximum absolute atomic E-state index is 12.4. The number of hydrogen-bond acceptors (Lipinski definition) is 4. The summed E-state index contributed by atoms with van der Waals surface area (Å²) in [5.41, 5.74) is 1.53. The Labute approximate surface area is 165 Å². The van der Waals surface area contributed by atoms with Gasteiger partial charge in [0, 0.05) is 29.0 Å². The minimum Gasteiger partial charge on any atom is -0.354 e. The van der Waals surface area contributed by atoms with E-state index in [0.717, 1.165) is 0 Å². The number of H-pyrrole nitrogens is 1. The third-order valence-electron chi connectivity index (χ3n) is 3.80. The second-order valence-corrected chi connectivity index (χ2v) is 6.14. The van der Waals surface area contributed by atoms with Crippen molar-refractivity contribution in [2.45, 2.75) is 0 Å². The monoisotopic (exact) mass is 397 g/mol. The van der Waals surface area contributed by atoms with Gasteiger partial charge in [0.05, 0.1) is 6.33 Å². The average Bonchev–Trinajstić information content (AvgIpc) is 3.19. The van der Waals surface area contributed by atoms with E-state index in [0.29, 0.717) is 22.0 Å². The van der Waals surface area contributed by atoms with Crippen LogP contribution in [0.4, 0.5) is 11.4 Å². The van der Waals surface area contributed by atoms with E-state index in [4.69, 9.17) is 11.6 Å². The first-order valence-corrected chi connectivity index (χ1v) is 8.59. The molecule has 1 heterocycles. The molecule has 3 aromatic rings. The quantitative estimate of drug-likeness (QED) is 0.529. The van der Waals surface area contributed by atoms with Gasteiger partial charge in [-0.15, -0.1) is 0 Å². The summed E-state index contributed by atoms with van der Waals surface area (Å²) in [6.45, 7) is 0. The Balaban J connectivity index is 1.66. The Hall–Kier alpha value is -3.65. The maximum Gasteiger partial charge on any atom is 0.274 e. The molecule has 28 heavy (non-hydrogen) atoms. The Morgan fingerprint density at radius 2 is 1.57 bits per heavy atom. The van der Waals surface area contributed by atoms with Gasteiger partial charge in [-0.3, -0.25) is 14.4 Å². The van der Waals surface area contributed by atoms with Gasteiger partial charge in [0.1, 0.15) is 5.69 Å². The number of aromatic nitrogens is 2. The first-order chi connectivity index (χ1) is 13.5. The predicted octanol–water partition coefficient (Wildman–Crippen LogP) is 2.93. The zero-order chi connectivity index (χ0) is 20.1. The number of benzene rings is 2. The van der Waals surface area contributed by atoms with Crippen molar-refractivity contribution in [2.75, 3.05) is 17.7 Å². The fourth-order valence-electron chi connectivity index (χ4n) is 2.42. The van der Waals surface area contributed by atoms with Crippen molar-refractivity contribution < 1.29 is 14.4 Å². The van der Waals surface area contributed by atoms with Crippen LogP contribution in [-0.2, 0) is 0 Å². The molecule has 1 aromatic heterocycles. The number of aromatic amines is 1. The second kappa shape index (κ2) is 8.36. The van der Waals surface area contributed by atoms with Gasteiger partial charge in [-0.1, -0.05) is 17.7 Å². The van der Waals surface area contributed by atoms with Crippen LogP contribution in [0.15, 0.2) is 54.9 Å². The van der Waals surface area contributed by atoms with Gasteiger partial charge in [0.25, 0.3) is 17.7 Å². The fraction of sp³-hybridized carbons (Fsp3) is 0.0526. The van der Waals surface area contributed by atoms with Crippen LogP contribution >= 0.6 is 11.6 Å². The number of carbonyl (C=O) groups excluding carboxylic acids is 3. The molecule has 8 nitrogen and oxygen atoms in total. The summed E-state index contributed by atoms with van der Waals surface area (Å²) in [6, 6.07) is 13.1. The molecule has 142 valence electrons. The Bertz CT molecular complexity index is 1030. The SMILES string of the molecule is CNC(=O)c1nc[nH]c1C(=O)Nc1ccc(NC(=O)c2cccc(Cl)c2)cc1. The topological polar surface area (TPSA) is 116 Å². The molecule has 2 aromatic carbocycles. The summed E-state index contributed by atoms with van der Waals surface area (Å²) in [5.74, 6) is -1.27. The minimum absolute atomic E-state index is 0.00501. The van der Waals surface area contributed by atoms with Crippen molar-refractivity contribution >= 4 is 40.7 Å². The zero-order valence-corrected chi connectivity index (χ0v) is 15.5. The van der Waals surface area contributed by atoms with Crippen LogP contribution in [0, 0.1) is 0 Å². The van der Waals surface area contributed by atoms with Crippen molar-refractivity contribution in [3.05, 3.63) is 76.8 Å². The van der Waals surface area contributed by atoms with E-state index in [1.165, 1.54) is 13.4 Å². The third-order valence-corrected chi connectivity index (χ3v) is 4.03.